The van der Waals surface area contributed by atoms with Gasteiger partial charge in [-0.1, -0.05) is 26.8 Å². The SMILES string of the molecule is CC(NS(=O)(=O)c1ccc(CN)cn1)C(C)(C)C. The number of pyridine rings is 1. The molecule has 1 aromatic rings. The van der Waals surface area contributed by atoms with E-state index in [2.05, 4.69) is 9.71 Å². The molecule has 0 aliphatic carbocycles. The van der Waals surface area contributed by atoms with Crippen LogP contribution in [-0.4, -0.2) is 19.4 Å². The number of sulfonamides is 1. The Morgan fingerprint density at radius 2 is 2.00 bits per heavy atom. The van der Waals surface area contributed by atoms with Gasteiger partial charge in [-0.05, 0) is 24.0 Å². The molecule has 1 atom stereocenters. The first-order chi connectivity index (χ1) is 8.16. The van der Waals surface area contributed by atoms with E-state index >= 15 is 0 Å². The van der Waals surface area contributed by atoms with Crippen molar-refractivity contribution in [3.8, 4) is 0 Å². The van der Waals surface area contributed by atoms with Gasteiger partial charge in [0.2, 0.25) is 0 Å². The molecule has 6 heteroatoms. The monoisotopic (exact) mass is 271 g/mol. The molecule has 0 amide bonds. The van der Waals surface area contributed by atoms with Crippen LogP contribution in [0.4, 0.5) is 0 Å². The van der Waals surface area contributed by atoms with Crippen molar-refractivity contribution in [2.75, 3.05) is 0 Å². The molecular weight excluding hydrogens is 250 g/mol. The third-order valence-corrected chi connectivity index (χ3v) is 4.40. The largest absolute Gasteiger partial charge is 0.326 e. The van der Waals surface area contributed by atoms with Gasteiger partial charge in [0.1, 0.15) is 0 Å². The van der Waals surface area contributed by atoms with E-state index in [4.69, 9.17) is 5.73 Å². The number of hydrogen-bond donors (Lipinski definition) is 2. The molecule has 0 radical (unpaired) electrons. The van der Waals surface area contributed by atoms with Crippen molar-refractivity contribution in [2.24, 2.45) is 11.1 Å². The van der Waals surface area contributed by atoms with E-state index in [1.54, 1.807) is 6.07 Å². The Labute approximate surface area is 109 Å². The highest BCUT2D eigenvalue weighted by Gasteiger charge is 2.26. The highest BCUT2D eigenvalue weighted by atomic mass is 32.2. The maximum absolute atomic E-state index is 12.1. The van der Waals surface area contributed by atoms with Gasteiger partial charge in [-0.25, -0.2) is 18.1 Å². The van der Waals surface area contributed by atoms with Crippen LogP contribution in [0.5, 0.6) is 0 Å². The quantitative estimate of drug-likeness (QED) is 0.863. The lowest BCUT2D eigenvalue weighted by atomic mass is 9.89. The summed E-state index contributed by atoms with van der Waals surface area (Å²) in [5.74, 6) is 0. The highest BCUT2D eigenvalue weighted by Crippen LogP contribution is 2.20. The van der Waals surface area contributed by atoms with Gasteiger partial charge in [-0.2, -0.15) is 0 Å². The van der Waals surface area contributed by atoms with Crippen molar-refractivity contribution in [1.29, 1.82) is 0 Å². The Hall–Kier alpha value is -0.980. The summed E-state index contributed by atoms with van der Waals surface area (Å²) in [5.41, 5.74) is 6.10. The molecular formula is C12H21N3O2S. The van der Waals surface area contributed by atoms with Crippen LogP contribution in [0, 0.1) is 5.41 Å². The first-order valence-corrected chi connectivity index (χ1v) is 7.32. The number of nitrogens with two attached hydrogens (primary N) is 1. The van der Waals surface area contributed by atoms with E-state index in [1.807, 2.05) is 27.7 Å². The molecule has 102 valence electrons. The summed E-state index contributed by atoms with van der Waals surface area (Å²) in [6.45, 7) is 8.12. The first kappa shape index (κ1) is 15.1. The van der Waals surface area contributed by atoms with E-state index in [-0.39, 0.29) is 16.5 Å². The highest BCUT2D eigenvalue weighted by molar-refractivity contribution is 7.89. The normalized spacial score (nSPS) is 14.5. The minimum atomic E-state index is -3.57. The molecule has 0 spiro atoms. The van der Waals surface area contributed by atoms with Gasteiger partial charge in [0.15, 0.2) is 5.03 Å². The molecule has 0 aliphatic rings. The molecule has 0 fully saturated rings. The lowest BCUT2D eigenvalue weighted by molar-refractivity contribution is 0.317. The number of nitrogens with one attached hydrogen (secondary N) is 1. The molecule has 0 saturated carbocycles. The van der Waals surface area contributed by atoms with Crippen molar-refractivity contribution < 1.29 is 8.42 Å². The van der Waals surface area contributed by atoms with Crippen LogP contribution < -0.4 is 10.5 Å². The molecule has 0 aliphatic heterocycles. The summed E-state index contributed by atoms with van der Waals surface area (Å²) in [6.07, 6.45) is 1.48. The molecule has 0 bridgehead atoms. The fourth-order valence-corrected chi connectivity index (χ4v) is 2.54. The summed E-state index contributed by atoms with van der Waals surface area (Å²) in [4.78, 5) is 3.93. The van der Waals surface area contributed by atoms with E-state index in [1.165, 1.54) is 12.3 Å². The summed E-state index contributed by atoms with van der Waals surface area (Å²) in [6, 6.07) is 2.96. The van der Waals surface area contributed by atoms with Crippen molar-refractivity contribution in [1.82, 2.24) is 9.71 Å². The molecule has 1 rings (SSSR count). The fraction of sp³-hybridized carbons (Fsp3) is 0.583. The van der Waals surface area contributed by atoms with Gasteiger partial charge in [0.05, 0.1) is 0 Å². The van der Waals surface area contributed by atoms with Crippen LogP contribution in [0.15, 0.2) is 23.4 Å². The van der Waals surface area contributed by atoms with Crippen molar-refractivity contribution in [3.63, 3.8) is 0 Å². The zero-order chi connectivity index (χ0) is 14.0. The van der Waals surface area contributed by atoms with Crippen LogP contribution in [0.1, 0.15) is 33.3 Å². The number of aromatic nitrogens is 1. The average molecular weight is 271 g/mol. The van der Waals surface area contributed by atoms with Crippen LogP contribution in [0.25, 0.3) is 0 Å². The second-order valence-corrected chi connectivity index (χ2v) is 7.08. The lowest BCUT2D eigenvalue weighted by Gasteiger charge is -2.27. The first-order valence-electron chi connectivity index (χ1n) is 5.84. The molecule has 0 aromatic carbocycles. The summed E-state index contributed by atoms with van der Waals surface area (Å²) in [5, 5.41) is 0.0239. The van der Waals surface area contributed by atoms with Gasteiger partial charge in [-0.15, -0.1) is 0 Å². The Bertz CT molecular complexity index is 489. The fourth-order valence-electron chi connectivity index (χ4n) is 1.16. The van der Waals surface area contributed by atoms with E-state index in [0.717, 1.165) is 5.56 Å². The second kappa shape index (κ2) is 5.34. The molecule has 1 aromatic heterocycles. The molecule has 0 saturated heterocycles. The Balaban J connectivity index is 2.93. The third-order valence-electron chi connectivity index (χ3n) is 2.94. The smallest absolute Gasteiger partial charge is 0.258 e. The summed E-state index contributed by atoms with van der Waals surface area (Å²) < 4.78 is 26.8. The van der Waals surface area contributed by atoms with Gasteiger partial charge >= 0.3 is 0 Å². The maximum Gasteiger partial charge on any atom is 0.258 e. The van der Waals surface area contributed by atoms with Crippen molar-refractivity contribution in [3.05, 3.63) is 23.9 Å². The minimum absolute atomic E-state index is 0.0239. The molecule has 5 nitrogen and oxygen atoms in total. The average Bonchev–Trinajstić information content (AvgIpc) is 2.27. The van der Waals surface area contributed by atoms with E-state index in [0.29, 0.717) is 6.54 Å². The maximum atomic E-state index is 12.1. The zero-order valence-corrected chi connectivity index (χ0v) is 12.1. The predicted molar refractivity (Wildman–Crippen MR) is 71.4 cm³/mol. The van der Waals surface area contributed by atoms with Gasteiger partial charge in [0, 0.05) is 18.8 Å². The van der Waals surface area contributed by atoms with Crippen molar-refractivity contribution >= 4 is 10.0 Å². The Morgan fingerprint density at radius 1 is 1.39 bits per heavy atom. The number of hydrogen-bond acceptors (Lipinski definition) is 4. The van der Waals surface area contributed by atoms with Crippen LogP contribution in [0.2, 0.25) is 0 Å². The Morgan fingerprint density at radius 3 is 2.39 bits per heavy atom. The molecule has 3 N–H and O–H groups in total. The molecule has 1 unspecified atom stereocenters. The van der Waals surface area contributed by atoms with Gasteiger partial charge < -0.3 is 5.73 Å². The second-order valence-electron chi connectivity index (χ2n) is 5.42. The van der Waals surface area contributed by atoms with Crippen LogP contribution >= 0.6 is 0 Å². The minimum Gasteiger partial charge on any atom is -0.326 e. The molecule has 1 heterocycles. The lowest BCUT2D eigenvalue weighted by Crippen LogP contribution is -2.41. The third kappa shape index (κ3) is 3.76. The topological polar surface area (TPSA) is 85.1 Å². The van der Waals surface area contributed by atoms with Gasteiger partial charge in [-0.3, -0.25) is 0 Å². The number of nitrogens with zero attached hydrogens (tertiary/aromatic N) is 1. The van der Waals surface area contributed by atoms with E-state index < -0.39 is 10.0 Å². The zero-order valence-electron chi connectivity index (χ0n) is 11.3. The predicted octanol–water partition coefficient (Wildman–Crippen LogP) is 1.25. The van der Waals surface area contributed by atoms with Gasteiger partial charge in [0.25, 0.3) is 10.0 Å². The van der Waals surface area contributed by atoms with Crippen LogP contribution in [0.3, 0.4) is 0 Å². The molecule has 18 heavy (non-hydrogen) atoms. The van der Waals surface area contributed by atoms with Crippen molar-refractivity contribution in [2.45, 2.75) is 45.3 Å². The summed E-state index contributed by atoms with van der Waals surface area (Å²) >= 11 is 0. The summed E-state index contributed by atoms with van der Waals surface area (Å²) in [7, 11) is -3.57. The number of rotatable bonds is 4. The van der Waals surface area contributed by atoms with E-state index in [9.17, 15) is 8.42 Å². The standard InChI is InChI=1S/C12H21N3O2S/c1-9(12(2,3)4)15-18(16,17)11-6-5-10(7-13)8-14-11/h5-6,8-9,15H,7,13H2,1-4H3. The van der Waals surface area contributed by atoms with Crippen LogP contribution in [-0.2, 0) is 16.6 Å². The Kier molecular flexibility index (Phi) is 4.47.